The lowest BCUT2D eigenvalue weighted by Gasteiger charge is -2.13. The number of rotatable bonds is 8. The second kappa shape index (κ2) is 8.36. The van der Waals surface area contributed by atoms with Gasteiger partial charge in [0.1, 0.15) is 11.9 Å². The largest absolute Gasteiger partial charge is 0.337 e. The molecule has 6 heteroatoms. The lowest BCUT2D eigenvalue weighted by Crippen LogP contribution is -2.10. The third-order valence-electron chi connectivity index (χ3n) is 3.80. The molecule has 0 saturated carbocycles. The van der Waals surface area contributed by atoms with Gasteiger partial charge in [-0.15, -0.1) is 0 Å². The van der Waals surface area contributed by atoms with Crippen LogP contribution in [0.5, 0.6) is 0 Å². The summed E-state index contributed by atoms with van der Waals surface area (Å²) >= 11 is 0. The summed E-state index contributed by atoms with van der Waals surface area (Å²) < 4.78 is 21.7. The van der Waals surface area contributed by atoms with Gasteiger partial charge in [0.2, 0.25) is 0 Å². The van der Waals surface area contributed by atoms with E-state index in [1.807, 2.05) is 48.5 Å². The quantitative estimate of drug-likeness (QED) is 0.740. The van der Waals surface area contributed by atoms with E-state index in [0.717, 1.165) is 22.3 Å². The van der Waals surface area contributed by atoms with E-state index in [1.54, 1.807) is 0 Å². The molecule has 24 heavy (non-hydrogen) atoms. The van der Waals surface area contributed by atoms with Crippen molar-refractivity contribution in [2.24, 2.45) is 5.73 Å². The van der Waals surface area contributed by atoms with Gasteiger partial charge < -0.3 is 14.8 Å². The van der Waals surface area contributed by atoms with Gasteiger partial charge in [-0.3, -0.25) is 9.36 Å². The maximum absolute atomic E-state index is 12.2. The van der Waals surface area contributed by atoms with Crippen LogP contribution in [0.3, 0.4) is 0 Å². The maximum atomic E-state index is 12.2. The Hall–Kier alpha value is -1.78. The molecule has 128 valence electrons. The summed E-state index contributed by atoms with van der Waals surface area (Å²) in [5.74, 6) is -0.189. The molecule has 0 heterocycles. The van der Waals surface area contributed by atoms with Crippen LogP contribution in [-0.2, 0) is 31.4 Å². The molecule has 0 spiro atoms. The number of benzene rings is 2. The van der Waals surface area contributed by atoms with Crippen molar-refractivity contribution in [3.8, 4) is 11.1 Å². The molecule has 2 aromatic carbocycles. The Morgan fingerprint density at radius 1 is 1.08 bits per heavy atom. The summed E-state index contributed by atoms with van der Waals surface area (Å²) in [6.07, 6.45) is -0.0566. The first-order valence-corrected chi connectivity index (χ1v) is 9.33. The smallest absolute Gasteiger partial charge is 0.326 e. The van der Waals surface area contributed by atoms with Crippen molar-refractivity contribution in [3.05, 3.63) is 59.7 Å². The number of ketones is 1. The zero-order valence-corrected chi connectivity index (χ0v) is 14.8. The van der Waals surface area contributed by atoms with E-state index in [0.29, 0.717) is 6.54 Å². The average Bonchev–Trinajstić information content (AvgIpc) is 2.61. The van der Waals surface area contributed by atoms with Crippen molar-refractivity contribution in [2.45, 2.75) is 13.0 Å². The van der Waals surface area contributed by atoms with Gasteiger partial charge in [0.05, 0.1) is 0 Å². The molecule has 0 bridgehead atoms. The molecule has 2 aromatic rings. The summed E-state index contributed by atoms with van der Waals surface area (Å²) in [6, 6.07) is 15.6. The number of nitrogens with two attached hydrogens (primary N) is 1. The molecular formula is C18H22NO4P. The Morgan fingerprint density at radius 3 is 2.46 bits per heavy atom. The number of hydrogen-bond donors (Lipinski definition) is 1. The minimum absolute atomic E-state index is 0.176. The van der Waals surface area contributed by atoms with Crippen LogP contribution in [0.1, 0.15) is 11.1 Å². The van der Waals surface area contributed by atoms with Crippen LogP contribution in [0, 0.1) is 0 Å². The topological polar surface area (TPSA) is 78.6 Å². The monoisotopic (exact) mass is 347 g/mol. The van der Waals surface area contributed by atoms with E-state index < -0.39 is 7.60 Å². The molecule has 0 radical (unpaired) electrons. The molecule has 0 aromatic heterocycles. The summed E-state index contributed by atoms with van der Waals surface area (Å²) in [5.41, 5.74) is 9.74. The molecule has 0 saturated heterocycles. The van der Waals surface area contributed by atoms with Crippen molar-refractivity contribution >= 4 is 13.4 Å². The Labute approximate surface area is 142 Å². The standard InChI is InChI=1S/C18H22NO4P/c1-22-24(21,23-2)13-17(20)11-14-6-5-8-15(10-14)18-9-4-3-7-16(18)12-19/h3-10H,11-13,19H2,1-2H3. The highest BCUT2D eigenvalue weighted by Crippen LogP contribution is 2.46. The van der Waals surface area contributed by atoms with Gasteiger partial charge in [-0.1, -0.05) is 48.5 Å². The molecular weight excluding hydrogens is 325 g/mol. The number of hydrogen-bond acceptors (Lipinski definition) is 5. The van der Waals surface area contributed by atoms with Crippen molar-refractivity contribution in [1.82, 2.24) is 0 Å². The third kappa shape index (κ3) is 4.62. The normalized spacial score (nSPS) is 11.5. The molecule has 0 unspecified atom stereocenters. The Kier molecular flexibility index (Phi) is 6.46. The molecule has 2 rings (SSSR count). The highest BCUT2D eigenvalue weighted by atomic mass is 31.2. The second-order valence-corrected chi connectivity index (χ2v) is 7.68. The fraction of sp³-hybridized carbons (Fsp3) is 0.278. The highest BCUT2D eigenvalue weighted by molar-refractivity contribution is 7.54. The van der Waals surface area contributed by atoms with E-state index in [9.17, 15) is 9.36 Å². The van der Waals surface area contributed by atoms with Crippen molar-refractivity contribution < 1.29 is 18.4 Å². The van der Waals surface area contributed by atoms with Crippen LogP contribution in [-0.4, -0.2) is 26.2 Å². The molecule has 0 amide bonds. The van der Waals surface area contributed by atoms with Crippen LogP contribution in [0.4, 0.5) is 0 Å². The van der Waals surface area contributed by atoms with Gasteiger partial charge in [0.25, 0.3) is 0 Å². The number of carbonyl (C=O) groups excluding carboxylic acids is 1. The van der Waals surface area contributed by atoms with E-state index in [4.69, 9.17) is 14.8 Å². The molecule has 0 aliphatic heterocycles. The molecule has 0 aliphatic carbocycles. The fourth-order valence-electron chi connectivity index (χ4n) is 2.53. The van der Waals surface area contributed by atoms with Crippen LogP contribution >= 0.6 is 7.60 Å². The van der Waals surface area contributed by atoms with Gasteiger partial charge in [-0.2, -0.15) is 0 Å². The minimum atomic E-state index is -3.32. The van der Waals surface area contributed by atoms with Crippen molar-refractivity contribution in [2.75, 3.05) is 20.4 Å². The SMILES string of the molecule is COP(=O)(CC(=O)Cc1cccc(-c2ccccc2CN)c1)OC. The van der Waals surface area contributed by atoms with Crippen LogP contribution in [0.15, 0.2) is 48.5 Å². The number of carbonyl (C=O) groups is 1. The summed E-state index contributed by atoms with van der Waals surface area (Å²) in [7, 11) is -0.764. The molecule has 5 nitrogen and oxygen atoms in total. The molecule has 0 fully saturated rings. The predicted molar refractivity (Wildman–Crippen MR) is 95.0 cm³/mol. The van der Waals surface area contributed by atoms with Crippen molar-refractivity contribution in [3.63, 3.8) is 0 Å². The van der Waals surface area contributed by atoms with E-state index >= 15 is 0 Å². The van der Waals surface area contributed by atoms with E-state index in [2.05, 4.69) is 0 Å². The van der Waals surface area contributed by atoms with Crippen LogP contribution in [0.2, 0.25) is 0 Å². The Morgan fingerprint density at radius 2 is 1.79 bits per heavy atom. The fourth-order valence-corrected chi connectivity index (χ4v) is 3.48. The number of Topliss-reactive ketones (excluding diaryl/α,β-unsaturated/α-hetero) is 1. The van der Waals surface area contributed by atoms with Gasteiger partial charge in [-0.25, -0.2) is 0 Å². The van der Waals surface area contributed by atoms with Gasteiger partial charge >= 0.3 is 7.60 Å². The molecule has 2 N–H and O–H groups in total. The van der Waals surface area contributed by atoms with Gasteiger partial charge in [0, 0.05) is 27.2 Å². The van der Waals surface area contributed by atoms with Crippen molar-refractivity contribution in [1.29, 1.82) is 0 Å². The lowest BCUT2D eigenvalue weighted by atomic mass is 9.97. The average molecular weight is 347 g/mol. The third-order valence-corrected chi connectivity index (χ3v) is 5.66. The molecule has 0 atom stereocenters. The maximum Gasteiger partial charge on any atom is 0.337 e. The first kappa shape index (κ1) is 18.6. The molecule has 0 aliphatic rings. The first-order chi connectivity index (χ1) is 11.5. The highest BCUT2D eigenvalue weighted by Gasteiger charge is 2.25. The van der Waals surface area contributed by atoms with Crippen LogP contribution in [0.25, 0.3) is 11.1 Å². The summed E-state index contributed by atoms with van der Waals surface area (Å²) in [5, 5.41) is 0. The summed E-state index contributed by atoms with van der Waals surface area (Å²) in [6.45, 7) is 0.449. The zero-order valence-electron chi connectivity index (χ0n) is 13.9. The second-order valence-electron chi connectivity index (χ2n) is 5.41. The van der Waals surface area contributed by atoms with Crippen LogP contribution < -0.4 is 5.73 Å². The Balaban J connectivity index is 2.19. The van der Waals surface area contributed by atoms with E-state index in [1.165, 1.54) is 14.2 Å². The van der Waals surface area contributed by atoms with Gasteiger partial charge in [-0.05, 0) is 22.3 Å². The predicted octanol–water partition coefficient (Wildman–Crippen LogP) is 3.41. The summed E-state index contributed by atoms with van der Waals surface area (Å²) in [4.78, 5) is 12.2. The first-order valence-electron chi connectivity index (χ1n) is 7.61. The minimum Gasteiger partial charge on any atom is -0.326 e. The zero-order chi connectivity index (χ0) is 17.6. The lowest BCUT2D eigenvalue weighted by molar-refractivity contribution is -0.116. The van der Waals surface area contributed by atoms with Gasteiger partial charge in [0.15, 0.2) is 0 Å². The Bertz CT molecular complexity index is 752. The van der Waals surface area contributed by atoms with E-state index in [-0.39, 0.29) is 18.4 Å².